The van der Waals surface area contributed by atoms with Gasteiger partial charge < -0.3 is 15.0 Å². The van der Waals surface area contributed by atoms with Crippen LogP contribution in [0.3, 0.4) is 0 Å². The van der Waals surface area contributed by atoms with E-state index < -0.39 is 5.97 Å². The molecule has 2 N–H and O–H groups in total. The van der Waals surface area contributed by atoms with E-state index in [2.05, 4.69) is 15.3 Å². The Balaban J connectivity index is 1.85. The molecule has 0 fully saturated rings. The van der Waals surface area contributed by atoms with E-state index in [4.69, 9.17) is 5.11 Å². The van der Waals surface area contributed by atoms with Crippen LogP contribution in [0.4, 0.5) is 0 Å². The standard InChI is InChI=1S/C11H12N4O3S/c1-7-9(19-6-14-7)10(16)12-2-3-15-4-8(11(17)18)13-5-15/h4-6H,2-3H2,1H3,(H,12,16)(H,17,18). The van der Waals surface area contributed by atoms with Crippen molar-refractivity contribution in [3.05, 3.63) is 34.3 Å². The molecule has 0 bridgehead atoms. The van der Waals surface area contributed by atoms with Crippen LogP contribution in [0.15, 0.2) is 18.0 Å². The Bertz CT molecular complexity index is 605. The van der Waals surface area contributed by atoms with Gasteiger partial charge in [-0.05, 0) is 6.92 Å². The van der Waals surface area contributed by atoms with Crippen LogP contribution in [0.25, 0.3) is 0 Å². The smallest absolute Gasteiger partial charge is 0.356 e. The Labute approximate surface area is 112 Å². The Kier molecular flexibility index (Phi) is 3.91. The van der Waals surface area contributed by atoms with E-state index >= 15 is 0 Å². The Morgan fingerprint density at radius 2 is 2.26 bits per heavy atom. The zero-order valence-electron chi connectivity index (χ0n) is 10.2. The number of nitrogens with zero attached hydrogens (tertiary/aromatic N) is 3. The van der Waals surface area contributed by atoms with E-state index in [9.17, 15) is 9.59 Å². The van der Waals surface area contributed by atoms with Crippen molar-refractivity contribution in [3.63, 3.8) is 0 Å². The van der Waals surface area contributed by atoms with Gasteiger partial charge in [-0.15, -0.1) is 11.3 Å². The van der Waals surface area contributed by atoms with Gasteiger partial charge in [-0.2, -0.15) is 0 Å². The predicted octanol–water partition coefficient (Wildman–Crippen LogP) is 0.776. The molecule has 0 atom stereocenters. The summed E-state index contributed by atoms with van der Waals surface area (Å²) >= 11 is 1.29. The third kappa shape index (κ3) is 3.16. The molecule has 0 aromatic carbocycles. The van der Waals surface area contributed by atoms with Gasteiger partial charge in [-0.25, -0.2) is 14.8 Å². The molecule has 0 aliphatic carbocycles. The zero-order valence-corrected chi connectivity index (χ0v) is 11.0. The maximum atomic E-state index is 11.8. The molecule has 0 unspecified atom stereocenters. The summed E-state index contributed by atoms with van der Waals surface area (Å²) in [6.07, 6.45) is 2.85. The lowest BCUT2D eigenvalue weighted by atomic mass is 10.4. The van der Waals surface area contributed by atoms with Crippen LogP contribution in [0.1, 0.15) is 25.9 Å². The number of aromatic carboxylic acids is 1. The highest BCUT2D eigenvalue weighted by Gasteiger charge is 2.11. The van der Waals surface area contributed by atoms with Gasteiger partial charge in [0.1, 0.15) is 4.88 Å². The first kappa shape index (κ1) is 13.2. The summed E-state index contributed by atoms with van der Waals surface area (Å²) in [5.41, 5.74) is 2.32. The number of amides is 1. The predicted molar refractivity (Wildman–Crippen MR) is 68.4 cm³/mol. The number of hydrogen-bond acceptors (Lipinski definition) is 5. The van der Waals surface area contributed by atoms with E-state index in [0.717, 1.165) is 0 Å². The molecule has 100 valence electrons. The van der Waals surface area contributed by atoms with Crippen molar-refractivity contribution in [2.45, 2.75) is 13.5 Å². The summed E-state index contributed by atoms with van der Waals surface area (Å²) in [6, 6.07) is 0. The molecule has 7 nitrogen and oxygen atoms in total. The summed E-state index contributed by atoms with van der Waals surface area (Å²) in [7, 11) is 0. The molecule has 0 spiro atoms. The molecule has 19 heavy (non-hydrogen) atoms. The number of thiazole rings is 1. The Morgan fingerprint density at radius 3 is 2.84 bits per heavy atom. The van der Waals surface area contributed by atoms with E-state index in [1.54, 1.807) is 17.0 Å². The number of carbonyl (C=O) groups excluding carboxylic acids is 1. The van der Waals surface area contributed by atoms with Crippen LogP contribution in [0, 0.1) is 6.92 Å². The molecular weight excluding hydrogens is 268 g/mol. The first-order chi connectivity index (χ1) is 9.08. The normalized spacial score (nSPS) is 10.4. The number of hydrogen-bond donors (Lipinski definition) is 2. The first-order valence-corrected chi connectivity index (χ1v) is 6.39. The molecule has 2 aromatic rings. The summed E-state index contributed by atoms with van der Waals surface area (Å²) in [5, 5.41) is 11.5. The number of aromatic nitrogens is 3. The zero-order chi connectivity index (χ0) is 13.8. The molecule has 0 saturated carbocycles. The van der Waals surface area contributed by atoms with Gasteiger partial charge in [-0.1, -0.05) is 0 Å². The van der Waals surface area contributed by atoms with Crippen molar-refractivity contribution in [3.8, 4) is 0 Å². The third-order valence-corrected chi connectivity index (χ3v) is 3.39. The number of carboxylic acid groups (broad SMARTS) is 1. The summed E-state index contributed by atoms with van der Waals surface area (Å²) in [6.45, 7) is 2.63. The van der Waals surface area contributed by atoms with Gasteiger partial charge in [0, 0.05) is 19.3 Å². The minimum Gasteiger partial charge on any atom is -0.476 e. The van der Waals surface area contributed by atoms with Crippen molar-refractivity contribution in [2.24, 2.45) is 0 Å². The van der Waals surface area contributed by atoms with E-state index in [-0.39, 0.29) is 11.6 Å². The lowest BCUT2D eigenvalue weighted by molar-refractivity contribution is 0.0690. The quantitative estimate of drug-likeness (QED) is 0.843. The van der Waals surface area contributed by atoms with Crippen molar-refractivity contribution >= 4 is 23.2 Å². The van der Waals surface area contributed by atoms with Crippen molar-refractivity contribution < 1.29 is 14.7 Å². The van der Waals surface area contributed by atoms with Crippen LogP contribution in [-0.4, -0.2) is 38.1 Å². The maximum absolute atomic E-state index is 11.8. The monoisotopic (exact) mass is 280 g/mol. The molecule has 2 aromatic heterocycles. The van der Waals surface area contributed by atoms with Crippen LogP contribution in [0.5, 0.6) is 0 Å². The SMILES string of the molecule is Cc1ncsc1C(=O)NCCn1cnc(C(=O)O)c1. The first-order valence-electron chi connectivity index (χ1n) is 5.51. The summed E-state index contributed by atoms with van der Waals surface area (Å²) in [5.74, 6) is -1.23. The largest absolute Gasteiger partial charge is 0.476 e. The number of imidazole rings is 1. The Morgan fingerprint density at radius 1 is 1.47 bits per heavy atom. The topological polar surface area (TPSA) is 97.1 Å². The molecule has 1 amide bonds. The third-order valence-electron chi connectivity index (χ3n) is 2.46. The van der Waals surface area contributed by atoms with Gasteiger partial charge in [0.2, 0.25) is 0 Å². The van der Waals surface area contributed by atoms with Gasteiger partial charge in [-0.3, -0.25) is 4.79 Å². The summed E-state index contributed by atoms with van der Waals surface area (Å²) in [4.78, 5) is 30.7. The second-order valence-electron chi connectivity index (χ2n) is 3.82. The second-order valence-corrected chi connectivity index (χ2v) is 4.68. The molecule has 8 heteroatoms. The number of nitrogens with one attached hydrogen (secondary N) is 1. The molecule has 0 aliphatic rings. The van der Waals surface area contributed by atoms with Crippen LogP contribution >= 0.6 is 11.3 Å². The average Bonchev–Trinajstić information content (AvgIpc) is 2.97. The fourth-order valence-electron chi connectivity index (χ4n) is 1.49. The van der Waals surface area contributed by atoms with Gasteiger partial charge in [0.25, 0.3) is 5.91 Å². The maximum Gasteiger partial charge on any atom is 0.356 e. The molecular formula is C11H12N4O3S. The van der Waals surface area contributed by atoms with Crippen LogP contribution < -0.4 is 5.32 Å². The number of rotatable bonds is 5. The van der Waals surface area contributed by atoms with Crippen molar-refractivity contribution in [1.82, 2.24) is 19.9 Å². The minimum absolute atomic E-state index is 0.00960. The van der Waals surface area contributed by atoms with Crippen LogP contribution in [-0.2, 0) is 6.54 Å². The number of aryl methyl sites for hydroxylation is 1. The van der Waals surface area contributed by atoms with Crippen LogP contribution in [0.2, 0.25) is 0 Å². The molecule has 0 radical (unpaired) electrons. The van der Waals surface area contributed by atoms with Gasteiger partial charge in [0.15, 0.2) is 5.69 Å². The highest BCUT2D eigenvalue weighted by Crippen LogP contribution is 2.11. The van der Waals surface area contributed by atoms with Crippen molar-refractivity contribution in [1.29, 1.82) is 0 Å². The van der Waals surface area contributed by atoms with E-state index in [1.165, 1.54) is 23.9 Å². The van der Waals surface area contributed by atoms with E-state index in [0.29, 0.717) is 23.7 Å². The highest BCUT2D eigenvalue weighted by molar-refractivity contribution is 7.11. The average molecular weight is 280 g/mol. The lowest BCUT2D eigenvalue weighted by Crippen LogP contribution is -2.26. The van der Waals surface area contributed by atoms with Crippen molar-refractivity contribution in [2.75, 3.05) is 6.54 Å². The minimum atomic E-state index is -1.07. The Hall–Kier alpha value is -2.22. The molecule has 0 aliphatic heterocycles. The van der Waals surface area contributed by atoms with Gasteiger partial charge in [0.05, 0.1) is 17.5 Å². The molecule has 0 saturated heterocycles. The highest BCUT2D eigenvalue weighted by atomic mass is 32.1. The fraction of sp³-hybridized carbons (Fsp3) is 0.273. The van der Waals surface area contributed by atoms with E-state index in [1.807, 2.05) is 0 Å². The second kappa shape index (κ2) is 5.61. The molecule has 2 rings (SSSR count). The number of carboxylic acids is 1. The number of carbonyl (C=O) groups is 2. The summed E-state index contributed by atoms with van der Waals surface area (Å²) < 4.78 is 1.61. The lowest BCUT2D eigenvalue weighted by Gasteiger charge is -2.04. The fourth-order valence-corrected chi connectivity index (χ4v) is 2.21. The molecule has 2 heterocycles. The van der Waals surface area contributed by atoms with Gasteiger partial charge >= 0.3 is 5.97 Å².